The summed E-state index contributed by atoms with van der Waals surface area (Å²) < 4.78 is 18.0. The largest absolute Gasteiger partial charge is 0.509 e. The van der Waals surface area contributed by atoms with Crippen LogP contribution in [-0.4, -0.2) is 64.0 Å². The van der Waals surface area contributed by atoms with Crippen LogP contribution in [0, 0.1) is 0 Å². The number of aliphatic hydroxyl groups is 1. The maximum Gasteiger partial charge on any atom is 0.509 e. The van der Waals surface area contributed by atoms with Crippen LogP contribution in [0.2, 0.25) is 0 Å². The summed E-state index contributed by atoms with van der Waals surface area (Å²) in [5.41, 5.74) is 5.73. The molecule has 10 nitrogen and oxygen atoms in total. The Kier molecular flexibility index (Phi) is 3.18. The van der Waals surface area contributed by atoms with Crippen LogP contribution in [0.15, 0.2) is 23.5 Å². The van der Waals surface area contributed by atoms with E-state index in [1.165, 1.54) is 12.5 Å². The molecular formula is C14H15N5O5. The number of aliphatic hydroxyl groups excluding tert-OH is 1. The summed E-state index contributed by atoms with van der Waals surface area (Å²) in [4.78, 5) is 19.6. The average molecular weight is 333 g/mol. The average Bonchev–Trinajstić information content (AvgIpc) is 3.22. The van der Waals surface area contributed by atoms with Crippen LogP contribution in [-0.2, 0) is 19.8 Å². The van der Waals surface area contributed by atoms with Crippen molar-refractivity contribution in [2.45, 2.75) is 23.9 Å². The van der Waals surface area contributed by atoms with E-state index in [1.54, 1.807) is 23.7 Å². The summed E-state index contributed by atoms with van der Waals surface area (Å²) in [6, 6.07) is 3.48. The number of aliphatic imine (C=N–C) groups is 1. The van der Waals surface area contributed by atoms with Crippen molar-refractivity contribution in [3.05, 3.63) is 24.2 Å². The molecule has 0 radical (unpaired) electrons. The number of aromatic nitrogens is 3. The Morgan fingerprint density at radius 1 is 1.50 bits per heavy atom. The Morgan fingerprint density at radius 2 is 2.33 bits per heavy atom. The first-order chi connectivity index (χ1) is 11.6. The Bertz CT molecular complexity index is 836. The van der Waals surface area contributed by atoms with Crippen molar-refractivity contribution in [3.8, 4) is 0 Å². The number of rotatable bonds is 3. The second-order valence-corrected chi connectivity index (χ2v) is 5.55. The Labute approximate surface area is 135 Å². The summed E-state index contributed by atoms with van der Waals surface area (Å²) in [6.45, 7) is -0.336. The van der Waals surface area contributed by atoms with Crippen molar-refractivity contribution >= 4 is 23.7 Å². The first-order valence-corrected chi connectivity index (χ1v) is 7.28. The van der Waals surface area contributed by atoms with Crippen LogP contribution in [0.3, 0.4) is 0 Å². The van der Waals surface area contributed by atoms with E-state index in [9.17, 15) is 9.90 Å². The molecule has 0 spiro atoms. The van der Waals surface area contributed by atoms with Gasteiger partial charge in [-0.2, -0.15) is 5.10 Å². The van der Waals surface area contributed by atoms with Crippen molar-refractivity contribution in [3.63, 3.8) is 0 Å². The van der Waals surface area contributed by atoms with E-state index in [4.69, 9.17) is 19.9 Å². The molecule has 0 aliphatic carbocycles. The number of hydrogen-bond acceptors (Lipinski definition) is 9. The second kappa shape index (κ2) is 5.14. The van der Waals surface area contributed by atoms with Gasteiger partial charge in [0.1, 0.15) is 17.9 Å². The van der Waals surface area contributed by atoms with Gasteiger partial charge in [0.2, 0.25) is 0 Å². The van der Waals surface area contributed by atoms with Gasteiger partial charge in [-0.3, -0.25) is 4.99 Å². The van der Waals surface area contributed by atoms with E-state index in [-0.39, 0.29) is 6.61 Å². The predicted molar refractivity (Wildman–Crippen MR) is 80.6 cm³/mol. The van der Waals surface area contributed by atoms with E-state index in [0.29, 0.717) is 17.0 Å². The van der Waals surface area contributed by atoms with Gasteiger partial charge in [-0.1, -0.05) is 0 Å². The molecule has 10 heteroatoms. The van der Waals surface area contributed by atoms with Gasteiger partial charge in [0.25, 0.3) is 0 Å². The quantitative estimate of drug-likeness (QED) is 0.567. The molecule has 0 saturated carbocycles. The standard InChI is InChI=1S/C14H15N5O5/c1-16-5-14(9-3-2-7-12(15)17-6-18-19(7)9)11-10(8(4-20)24-14)22-13(21)23-11/h2-3,5-6,8,10-11,20H,4H2,1H3,(H2,15,17,18)/t8-,10-,11-,14+/m1/s1. The molecule has 126 valence electrons. The molecule has 4 rings (SSSR count). The molecule has 2 fully saturated rings. The molecule has 0 bridgehead atoms. The van der Waals surface area contributed by atoms with Crippen LogP contribution in [0.1, 0.15) is 5.69 Å². The van der Waals surface area contributed by atoms with Gasteiger partial charge < -0.3 is 25.1 Å². The zero-order chi connectivity index (χ0) is 16.9. The highest BCUT2D eigenvalue weighted by atomic mass is 16.8. The third kappa shape index (κ3) is 1.83. The van der Waals surface area contributed by atoms with Crippen molar-refractivity contribution in [2.75, 3.05) is 19.4 Å². The van der Waals surface area contributed by atoms with Gasteiger partial charge >= 0.3 is 6.16 Å². The Hall–Kier alpha value is -2.72. The molecule has 2 aromatic heterocycles. The molecule has 0 unspecified atom stereocenters. The summed E-state index contributed by atoms with van der Waals surface area (Å²) >= 11 is 0. The molecule has 0 aromatic carbocycles. The summed E-state index contributed by atoms with van der Waals surface area (Å²) in [6.07, 6.45) is -0.275. The minimum Gasteiger partial charge on any atom is -0.424 e. The second-order valence-electron chi connectivity index (χ2n) is 5.55. The monoisotopic (exact) mass is 333 g/mol. The molecule has 2 saturated heterocycles. The van der Waals surface area contributed by atoms with Crippen LogP contribution in [0.5, 0.6) is 0 Å². The lowest BCUT2D eigenvalue weighted by Gasteiger charge is -2.27. The first kappa shape index (κ1) is 14.8. The number of anilines is 1. The lowest BCUT2D eigenvalue weighted by Crippen LogP contribution is -2.42. The van der Waals surface area contributed by atoms with Crippen LogP contribution < -0.4 is 5.73 Å². The maximum absolute atomic E-state index is 11.6. The van der Waals surface area contributed by atoms with E-state index in [1.807, 2.05) is 0 Å². The van der Waals surface area contributed by atoms with E-state index >= 15 is 0 Å². The zero-order valence-electron chi connectivity index (χ0n) is 12.7. The third-order valence-corrected chi connectivity index (χ3v) is 4.27. The van der Waals surface area contributed by atoms with Gasteiger partial charge in [0, 0.05) is 13.3 Å². The number of carbonyl (C=O) groups excluding carboxylic acids is 1. The molecule has 2 aliphatic heterocycles. The zero-order valence-corrected chi connectivity index (χ0v) is 12.7. The summed E-state index contributed by atoms with van der Waals surface area (Å²) in [5.74, 6) is 0.299. The van der Waals surface area contributed by atoms with Crippen molar-refractivity contribution < 1.29 is 24.1 Å². The number of nitrogen functional groups attached to an aromatic ring is 1. The van der Waals surface area contributed by atoms with Gasteiger partial charge in [-0.05, 0) is 12.1 Å². The Morgan fingerprint density at radius 3 is 3.08 bits per heavy atom. The SMILES string of the molecule is CN=C[C@@]1(c2ccc3c(N)ncnn23)O[C@H](CO)[C@H]2OC(=O)O[C@H]21. The van der Waals surface area contributed by atoms with E-state index in [0.717, 1.165) is 0 Å². The lowest BCUT2D eigenvalue weighted by molar-refractivity contribution is -0.0728. The molecule has 2 aliphatic rings. The van der Waals surface area contributed by atoms with Gasteiger partial charge in [0.15, 0.2) is 23.6 Å². The highest BCUT2D eigenvalue weighted by molar-refractivity contribution is 5.77. The Balaban J connectivity index is 1.93. The molecule has 24 heavy (non-hydrogen) atoms. The fraction of sp³-hybridized carbons (Fsp3) is 0.429. The van der Waals surface area contributed by atoms with E-state index < -0.39 is 30.1 Å². The third-order valence-electron chi connectivity index (χ3n) is 4.27. The fourth-order valence-corrected chi connectivity index (χ4v) is 3.32. The van der Waals surface area contributed by atoms with Crippen LogP contribution >= 0.6 is 0 Å². The molecule has 0 amide bonds. The fourth-order valence-electron chi connectivity index (χ4n) is 3.32. The normalized spacial score (nSPS) is 32.2. The molecule has 3 N–H and O–H groups in total. The van der Waals surface area contributed by atoms with Crippen molar-refractivity contribution in [1.82, 2.24) is 14.6 Å². The highest BCUT2D eigenvalue weighted by Gasteiger charge is 2.63. The number of nitrogens with two attached hydrogens (primary N) is 1. The van der Waals surface area contributed by atoms with Gasteiger partial charge in [-0.15, -0.1) is 0 Å². The van der Waals surface area contributed by atoms with Crippen LogP contribution in [0.4, 0.5) is 10.6 Å². The first-order valence-electron chi connectivity index (χ1n) is 7.28. The highest BCUT2D eigenvalue weighted by Crippen LogP contribution is 2.45. The topological polar surface area (TPSA) is 134 Å². The molecule has 4 atom stereocenters. The van der Waals surface area contributed by atoms with Crippen LogP contribution in [0.25, 0.3) is 5.52 Å². The van der Waals surface area contributed by atoms with Gasteiger partial charge in [0.05, 0.1) is 12.3 Å². The summed E-state index contributed by atoms with van der Waals surface area (Å²) in [5, 5.41) is 13.8. The number of fused-ring (bicyclic) bond motifs is 2. The molecule has 4 heterocycles. The summed E-state index contributed by atoms with van der Waals surface area (Å²) in [7, 11) is 1.57. The number of hydrogen-bond donors (Lipinski definition) is 2. The number of nitrogens with zero attached hydrogens (tertiary/aromatic N) is 4. The smallest absolute Gasteiger partial charge is 0.424 e. The van der Waals surface area contributed by atoms with E-state index in [2.05, 4.69) is 15.1 Å². The minimum atomic E-state index is -1.26. The lowest BCUT2D eigenvalue weighted by atomic mass is 9.92. The van der Waals surface area contributed by atoms with Gasteiger partial charge in [-0.25, -0.2) is 14.3 Å². The molecular weight excluding hydrogens is 318 g/mol. The minimum absolute atomic E-state index is 0.299. The number of ether oxygens (including phenoxy) is 3. The maximum atomic E-state index is 11.6. The van der Waals surface area contributed by atoms with Crippen molar-refractivity contribution in [2.24, 2.45) is 4.99 Å². The molecule has 2 aromatic rings. The van der Waals surface area contributed by atoms with Crippen molar-refractivity contribution in [1.29, 1.82) is 0 Å². The number of carbonyl (C=O) groups is 1. The predicted octanol–water partition coefficient (Wildman–Crippen LogP) is -0.498.